The van der Waals surface area contributed by atoms with E-state index in [4.69, 9.17) is 14.2 Å². The second-order valence-electron chi connectivity index (χ2n) is 10.7. The van der Waals surface area contributed by atoms with Gasteiger partial charge in [0.05, 0.1) is 24.9 Å². The average molecular weight is 584 g/mol. The molecule has 43 heavy (non-hydrogen) atoms. The van der Waals surface area contributed by atoms with Gasteiger partial charge in [0.2, 0.25) is 5.91 Å². The predicted octanol–water partition coefficient (Wildman–Crippen LogP) is 2.84. The number of likely N-dealkylation sites (tertiary alicyclic amines) is 1. The molecule has 1 saturated heterocycles. The molecule has 0 radical (unpaired) electrons. The smallest absolute Gasteiger partial charge is 0.258 e. The summed E-state index contributed by atoms with van der Waals surface area (Å²) < 4.78 is 19.5. The minimum atomic E-state index is -0.505. The number of hydrogen-bond donors (Lipinski definition) is 2. The lowest BCUT2D eigenvalue weighted by Gasteiger charge is -2.39. The summed E-state index contributed by atoms with van der Waals surface area (Å²) in [5.41, 5.74) is 2.83. The molecular weight excluding hydrogens is 550 g/mol. The maximum absolute atomic E-state index is 13.5. The predicted molar refractivity (Wildman–Crippen MR) is 158 cm³/mol. The minimum Gasteiger partial charge on any atom is -0.496 e. The van der Waals surface area contributed by atoms with Gasteiger partial charge in [-0.05, 0) is 42.8 Å². The largest absolute Gasteiger partial charge is 0.496 e. The third-order valence-corrected chi connectivity index (χ3v) is 7.89. The van der Waals surface area contributed by atoms with Gasteiger partial charge in [0.25, 0.3) is 11.8 Å². The van der Waals surface area contributed by atoms with Crippen molar-refractivity contribution in [3.8, 4) is 17.2 Å². The van der Waals surface area contributed by atoms with Gasteiger partial charge in [0.15, 0.2) is 6.61 Å². The van der Waals surface area contributed by atoms with Crippen LogP contribution in [0.25, 0.3) is 10.9 Å². The number of benzene rings is 3. The summed E-state index contributed by atoms with van der Waals surface area (Å²) in [6, 6.07) is 17.8. The Hall–Kier alpha value is -5.06. The molecule has 7 rings (SSSR count). The normalized spacial score (nSPS) is 19.0. The second kappa shape index (κ2) is 12.0. The molecule has 0 spiro atoms. The maximum atomic E-state index is 13.5. The molecule has 2 N–H and O–H groups in total. The van der Waals surface area contributed by atoms with Crippen LogP contribution < -0.4 is 24.8 Å². The molecule has 0 unspecified atom stereocenters. The first-order chi connectivity index (χ1) is 20.9. The number of nitrogens with zero attached hydrogens (tertiary/aromatic N) is 3. The lowest BCUT2D eigenvalue weighted by Crippen LogP contribution is -2.58. The number of carbonyl (C=O) groups is 3. The third-order valence-electron chi connectivity index (χ3n) is 7.89. The van der Waals surface area contributed by atoms with Crippen LogP contribution in [0, 0.1) is 6.92 Å². The number of para-hydroxylation sites is 1. The van der Waals surface area contributed by atoms with E-state index in [1.165, 1.54) is 0 Å². The fourth-order valence-electron chi connectivity index (χ4n) is 5.47. The summed E-state index contributed by atoms with van der Waals surface area (Å²) >= 11 is 0. The van der Waals surface area contributed by atoms with E-state index in [0.717, 1.165) is 22.0 Å². The number of methoxy groups -OCH3 is 1. The SMILES string of the molecule is COc1cc2ccc1CNC(=O)COc1cc(ccc1C)C(=O)N[C@H]1CN(C(=O)Cn3ncc4ccccc43)CC[C@H]1O2. The fourth-order valence-corrected chi connectivity index (χ4v) is 5.47. The highest BCUT2D eigenvalue weighted by Crippen LogP contribution is 2.28. The zero-order valence-corrected chi connectivity index (χ0v) is 24.0. The van der Waals surface area contributed by atoms with Crippen LogP contribution >= 0.6 is 0 Å². The first kappa shape index (κ1) is 28.1. The lowest BCUT2D eigenvalue weighted by atomic mass is 10.0. The number of piperidine rings is 1. The van der Waals surface area contributed by atoms with Crippen molar-refractivity contribution in [2.45, 2.75) is 38.6 Å². The first-order valence-electron chi connectivity index (χ1n) is 14.2. The molecule has 0 saturated carbocycles. The van der Waals surface area contributed by atoms with Gasteiger partial charge in [0, 0.05) is 48.6 Å². The van der Waals surface area contributed by atoms with Crippen molar-refractivity contribution in [3.05, 3.63) is 83.6 Å². The molecule has 3 aliphatic rings. The van der Waals surface area contributed by atoms with Crippen molar-refractivity contribution in [2.24, 2.45) is 0 Å². The number of amides is 3. The van der Waals surface area contributed by atoms with Gasteiger partial charge in [-0.15, -0.1) is 0 Å². The minimum absolute atomic E-state index is 0.0871. The zero-order valence-electron chi connectivity index (χ0n) is 24.0. The van der Waals surface area contributed by atoms with E-state index in [-0.39, 0.29) is 44.0 Å². The Balaban J connectivity index is 1.28. The van der Waals surface area contributed by atoms with E-state index in [2.05, 4.69) is 15.7 Å². The number of aryl methyl sites for hydroxylation is 1. The van der Waals surface area contributed by atoms with Crippen LogP contribution in [0.5, 0.6) is 17.2 Å². The highest BCUT2D eigenvalue weighted by atomic mass is 16.5. The molecule has 11 nitrogen and oxygen atoms in total. The zero-order chi connectivity index (χ0) is 29.9. The number of hydrogen-bond acceptors (Lipinski definition) is 7. The topological polar surface area (TPSA) is 124 Å². The Morgan fingerprint density at radius 3 is 2.84 bits per heavy atom. The average Bonchev–Trinajstić information content (AvgIpc) is 3.42. The Bertz CT molecular complexity index is 1680. The van der Waals surface area contributed by atoms with Crippen molar-refractivity contribution in [2.75, 3.05) is 26.8 Å². The quantitative estimate of drug-likeness (QED) is 0.380. The fraction of sp³-hybridized carbons (Fsp3) is 0.312. The van der Waals surface area contributed by atoms with E-state index in [1.54, 1.807) is 47.2 Å². The molecule has 4 heterocycles. The Labute approximate surface area is 248 Å². The van der Waals surface area contributed by atoms with Crippen molar-refractivity contribution in [3.63, 3.8) is 0 Å². The van der Waals surface area contributed by atoms with Crippen LogP contribution in [0.3, 0.4) is 0 Å². The van der Waals surface area contributed by atoms with Gasteiger partial charge < -0.3 is 29.7 Å². The molecule has 1 aromatic heterocycles. The van der Waals surface area contributed by atoms with Crippen molar-refractivity contribution < 1.29 is 28.6 Å². The Kier molecular flexibility index (Phi) is 7.86. The molecule has 3 aromatic carbocycles. The summed E-state index contributed by atoms with van der Waals surface area (Å²) in [6.45, 7) is 2.70. The highest BCUT2D eigenvalue weighted by molar-refractivity contribution is 5.95. The summed E-state index contributed by atoms with van der Waals surface area (Å²) in [4.78, 5) is 41.2. The second-order valence-corrected chi connectivity index (χ2v) is 10.7. The van der Waals surface area contributed by atoms with Gasteiger partial charge in [-0.25, -0.2) is 0 Å². The van der Waals surface area contributed by atoms with Crippen molar-refractivity contribution in [1.82, 2.24) is 25.3 Å². The number of rotatable bonds is 3. The van der Waals surface area contributed by atoms with Crippen LogP contribution in [-0.2, 0) is 22.7 Å². The molecule has 4 bridgehead atoms. The third kappa shape index (κ3) is 6.11. The summed E-state index contributed by atoms with van der Waals surface area (Å²) in [5, 5.41) is 11.3. The lowest BCUT2D eigenvalue weighted by molar-refractivity contribution is -0.134. The first-order valence-corrected chi connectivity index (χ1v) is 14.2. The van der Waals surface area contributed by atoms with Crippen molar-refractivity contribution >= 4 is 28.6 Å². The van der Waals surface area contributed by atoms with Gasteiger partial charge in [-0.2, -0.15) is 5.10 Å². The van der Waals surface area contributed by atoms with E-state index in [9.17, 15) is 14.4 Å². The number of carbonyl (C=O) groups excluding carboxylic acids is 3. The number of nitrogens with one attached hydrogen (secondary N) is 2. The molecule has 4 aromatic rings. The van der Waals surface area contributed by atoms with Gasteiger partial charge in [-0.1, -0.05) is 24.3 Å². The van der Waals surface area contributed by atoms with Gasteiger partial charge in [0.1, 0.15) is 29.9 Å². The summed E-state index contributed by atoms with van der Waals surface area (Å²) in [5.74, 6) is 0.819. The number of fused-ring (bicyclic) bond motifs is 8. The molecule has 222 valence electrons. The van der Waals surface area contributed by atoms with Crippen LogP contribution in [0.1, 0.15) is 27.9 Å². The van der Waals surface area contributed by atoms with Crippen LogP contribution in [-0.4, -0.2) is 71.4 Å². The highest BCUT2D eigenvalue weighted by Gasteiger charge is 2.35. The molecule has 11 heteroatoms. The van der Waals surface area contributed by atoms with Gasteiger partial charge in [-0.3, -0.25) is 19.1 Å². The molecule has 0 aliphatic carbocycles. The van der Waals surface area contributed by atoms with E-state index in [1.807, 2.05) is 43.3 Å². The van der Waals surface area contributed by atoms with Crippen LogP contribution in [0.2, 0.25) is 0 Å². The van der Waals surface area contributed by atoms with E-state index < -0.39 is 12.1 Å². The summed E-state index contributed by atoms with van der Waals surface area (Å²) in [6.07, 6.45) is 1.84. The molecular formula is C32H33N5O6. The molecule has 3 aliphatic heterocycles. The van der Waals surface area contributed by atoms with Gasteiger partial charge >= 0.3 is 0 Å². The summed E-state index contributed by atoms with van der Waals surface area (Å²) in [7, 11) is 1.56. The van der Waals surface area contributed by atoms with E-state index >= 15 is 0 Å². The Morgan fingerprint density at radius 1 is 1.12 bits per heavy atom. The van der Waals surface area contributed by atoms with E-state index in [0.29, 0.717) is 35.8 Å². The molecule has 3 amide bonds. The monoisotopic (exact) mass is 583 g/mol. The molecule has 2 atom stereocenters. The Morgan fingerprint density at radius 2 is 1.98 bits per heavy atom. The number of aromatic nitrogens is 2. The maximum Gasteiger partial charge on any atom is 0.258 e. The van der Waals surface area contributed by atoms with Crippen LogP contribution in [0.4, 0.5) is 0 Å². The standard InChI is InChI=1S/C32H33N5O6/c1-20-7-8-21-13-28(20)42-19-30(38)33-15-23-9-10-24(14-29(23)41-2)43-27-11-12-36(17-25(27)35-32(21)40)31(39)18-37-26-6-4-3-5-22(26)16-34-37/h3-10,13-14,16,25,27H,11-12,15,17-19H2,1-2H3,(H,33,38)(H,35,40)/t25-,27+/m0/s1. The van der Waals surface area contributed by atoms with Crippen LogP contribution in [0.15, 0.2) is 66.9 Å². The molecule has 1 fully saturated rings. The van der Waals surface area contributed by atoms with Crippen molar-refractivity contribution in [1.29, 1.82) is 0 Å². The number of ether oxygens (including phenoxy) is 3.